The predicted octanol–water partition coefficient (Wildman–Crippen LogP) is 1.92. The summed E-state index contributed by atoms with van der Waals surface area (Å²) < 4.78 is 4.97. The van der Waals surface area contributed by atoms with Gasteiger partial charge >= 0.3 is 0 Å². The molecular formula is C13H15N3O2. The van der Waals surface area contributed by atoms with Crippen molar-refractivity contribution in [3.63, 3.8) is 0 Å². The maximum Gasteiger partial charge on any atom is 0.221 e. The first kappa shape index (κ1) is 12.3. The Balaban J connectivity index is 1.81. The summed E-state index contributed by atoms with van der Waals surface area (Å²) in [6.45, 7) is 2.88. The zero-order valence-corrected chi connectivity index (χ0v) is 10.1. The van der Waals surface area contributed by atoms with Crippen LogP contribution >= 0.6 is 0 Å². The first-order valence-electron chi connectivity index (χ1n) is 5.71. The minimum absolute atomic E-state index is 0.0637. The molecule has 0 unspecified atom stereocenters. The standard InChI is InChI=1S/C13H15N3O2/c1-10(17)16-12-4-2-11(3-5-12)8-14-9-13-6-7-15-18-13/h2-7,14H,8-9H2,1H3,(H,16,17). The number of nitrogens with zero attached hydrogens (tertiary/aromatic N) is 1. The summed E-state index contributed by atoms with van der Waals surface area (Å²) >= 11 is 0. The van der Waals surface area contributed by atoms with Crippen molar-refractivity contribution in [1.82, 2.24) is 10.5 Å². The van der Waals surface area contributed by atoms with Crippen molar-refractivity contribution in [2.45, 2.75) is 20.0 Å². The highest BCUT2D eigenvalue weighted by atomic mass is 16.5. The van der Waals surface area contributed by atoms with Gasteiger partial charge in [-0.25, -0.2) is 0 Å². The average Bonchev–Trinajstić information content (AvgIpc) is 2.84. The summed E-state index contributed by atoms with van der Waals surface area (Å²) in [4.78, 5) is 10.9. The van der Waals surface area contributed by atoms with Crippen molar-refractivity contribution < 1.29 is 9.32 Å². The molecule has 0 aliphatic rings. The van der Waals surface area contributed by atoms with Gasteiger partial charge in [0.25, 0.3) is 0 Å². The molecule has 0 radical (unpaired) electrons. The third kappa shape index (κ3) is 3.71. The molecule has 0 spiro atoms. The molecule has 5 heteroatoms. The van der Waals surface area contributed by atoms with Gasteiger partial charge in [-0.05, 0) is 17.7 Å². The van der Waals surface area contributed by atoms with E-state index in [-0.39, 0.29) is 5.91 Å². The number of anilines is 1. The van der Waals surface area contributed by atoms with Gasteiger partial charge in [0.05, 0.1) is 12.7 Å². The Morgan fingerprint density at radius 3 is 2.61 bits per heavy atom. The smallest absolute Gasteiger partial charge is 0.221 e. The van der Waals surface area contributed by atoms with Crippen LogP contribution in [0.2, 0.25) is 0 Å². The molecule has 2 N–H and O–H groups in total. The van der Waals surface area contributed by atoms with E-state index in [0.717, 1.165) is 23.6 Å². The topological polar surface area (TPSA) is 67.2 Å². The lowest BCUT2D eigenvalue weighted by Crippen LogP contribution is -2.12. The van der Waals surface area contributed by atoms with Crippen molar-refractivity contribution in [2.75, 3.05) is 5.32 Å². The Morgan fingerprint density at radius 1 is 1.22 bits per heavy atom. The van der Waals surface area contributed by atoms with Crippen LogP contribution in [0.5, 0.6) is 0 Å². The highest BCUT2D eigenvalue weighted by molar-refractivity contribution is 5.88. The van der Waals surface area contributed by atoms with E-state index >= 15 is 0 Å². The van der Waals surface area contributed by atoms with Crippen LogP contribution in [0.4, 0.5) is 5.69 Å². The van der Waals surface area contributed by atoms with E-state index in [4.69, 9.17) is 4.52 Å². The lowest BCUT2D eigenvalue weighted by Gasteiger charge is -2.05. The molecule has 0 saturated heterocycles. The number of nitrogens with one attached hydrogen (secondary N) is 2. The van der Waals surface area contributed by atoms with E-state index in [1.165, 1.54) is 6.92 Å². The number of amides is 1. The summed E-state index contributed by atoms with van der Waals surface area (Å²) in [6.07, 6.45) is 1.62. The monoisotopic (exact) mass is 245 g/mol. The number of benzene rings is 1. The Hall–Kier alpha value is -2.14. The van der Waals surface area contributed by atoms with Crippen LogP contribution < -0.4 is 10.6 Å². The lowest BCUT2D eigenvalue weighted by molar-refractivity contribution is -0.114. The third-order valence-electron chi connectivity index (χ3n) is 2.39. The van der Waals surface area contributed by atoms with Gasteiger partial charge < -0.3 is 15.2 Å². The van der Waals surface area contributed by atoms with E-state index in [9.17, 15) is 4.79 Å². The number of aromatic nitrogens is 1. The fourth-order valence-electron chi connectivity index (χ4n) is 1.57. The average molecular weight is 245 g/mol. The second-order valence-electron chi connectivity index (χ2n) is 3.96. The molecule has 0 atom stereocenters. The van der Waals surface area contributed by atoms with Gasteiger partial charge in [-0.3, -0.25) is 4.79 Å². The van der Waals surface area contributed by atoms with E-state index in [2.05, 4.69) is 15.8 Å². The molecule has 0 saturated carbocycles. The normalized spacial score (nSPS) is 10.3. The number of hydrogen-bond acceptors (Lipinski definition) is 4. The number of carbonyl (C=O) groups excluding carboxylic acids is 1. The number of rotatable bonds is 5. The summed E-state index contributed by atoms with van der Waals surface area (Å²) in [6, 6.07) is 9.53. The summed E-state index contributed by atoms with van der Waals surface area (Å²) in [7, 11) is 0. The van der Waals surface area contributed by atoms with E-state index in [1.807, 2.05) is 30.3 Å². The van der Waals surface area contributed by atoms with Crippen LogP contribution in [0, 0.1) is 0 Å². The third-order valence-corrected chi connectivity index (χ3v) is 2.39. The molecule has 2 aromatic rings. The fourth-order valence-corrected chi connectivity index (χ4v) is 1.57. The van der Waals surface area contributed by atoms with E-state index in [1.54, 1.807) is 6.20 Å². The minimum atomic E-state index is -0.0637. The van der Waals surface area contributed by atoms with Crippen molar-refractivity contribution >= 4 is 11.6 Å². The maximum absolute atomic E-state index is 10.9. The van der Waals surface area contributed by atoms with E-state index in [0.29, 0.717) is 6.54 Å². The fraction of sp³-hybridized carbons (Fsp3) is 0.231. The second kappa shape index (κ2) is 5.97. The van der Waals surface area contributed by atoms with Gasteiger partial charge in [0.15, 0.2) is 0 Å². The Kier molecular flexibility index (Phi) is 4.09. The van der Waals surface area contributed by atoms with Gasteiger partial charge in [0, 0.05) is 25.2 Å². The summed E-state index contributed by atoms with van der Waals surface area (Å²) in [5.41, 5.74) is 1.95. The molecule has 18 heavy (non-hydrogen) atoms. The van der Waals surface area contributed by atoms with Crippen molar-refractivity contribution in [3.05, 3.63) is 47.9 Å². The molecule has 0 aliphatic heterocycles. The SMILES string of the molecule is CC(=O)Nc1ccc(CNCc2ccno2)cc1. The molecule has 2 rings (SSSR count). The Labute approximate surface area is 105 Å². The molecule has 0 bridgehead atoms. The lowest BCUT2D eigenvalue weighted by atomic mass is 10.2. The molecule has 0 fully saturated rings. The number of hydrogen-bond donors (Lipinski definition) is 2. The molecular weight excluding hydrogens is 230 g/mol. The first-order valence-corrected chi connectivity index (χ1v) is 5.71. The summed E-state index contributed by atoms with van der Waals surface area (Å²) in [5, 5.41) is 9.60. The Bertz CT molecular complexity index is 491. The van der Waals surface area contributed by atoms with Gasteiger partial charge in [-0.2, -0.15) is 0 Å². The van der Waals surface area contributed by atoms with Gasteiger partial charge in [-0.1, -0.05) is 17.3 Å². The van der Waals surface area contributed by atoms with E-state index < -0.39 is 0 Å². The van der Waals surface area contributed by atoms with Crippen LogP contribution in [0.1, 0.15) is 18.2 Å². The zero-order chi connectivity index (χ0) is 12.8. The molecule has 5 nitrogen and oxygen atoms in total. The maximum atomic E-state index is 10.9. The van der Waals surface area contributed by atoms with Crippen LogP contribution in [0.15, 0.2) is 41.1 Å². The molecule has 1 heterocycles. The quantitative estimate of drug-likeness (QED) is 0.844. The van der Waals surface area contributed by atoms with Crippen LogP contribution in [0.3, 0.4) is 0 Å². The molecule has 0 aliphatic carbocycles. The second-order valence-corrected chi connectivity index (χ2v) is 3.96. The van der Waals surface area contributed by atoms with Gasteiger partial charge in [0.2, 0.25) is 5.91 Å². The highest BCUT2D eigenvalue weighted by Crippen LogP contribution is 2.09. The van der Waals surface area contributed by atoms with Gasteiger partial charge in [-0.15, -0.1) is 0 Å². The van der Waals surface area contributed by atoms with Crippen molar-refractivity contribution in [2.24, 2.45) is 0 Å². The first-order chi connectivity index (χ1) is 8.74. The van der Waals surface area contributed by atoms with Crippen LogP contribution in [-0.4, -0.2) is 11.1 Å². The molecule has 94 valence electrons. The van der Waals surface area contributed by atoms with Crippen molar-refractivity contribution in [1.29, 1.82) is 0 Å². The van der Waals surface area contributed by atoms with Gasteiger partial charge in [0.1, 0.15) is 5.76 Å². The minimum Gasteiger partial charge on any atom is -0.360 e. The molecule has 1 amide bonds. The summed E-state index contributed by atoms with van der Waals surface area (Å²) in [5.74, 6) is 0.746. The Morgan fingerprint density at radius 2 is 2.00 bits per heavy atom. The highest BCUT2D eigenvalue weighted by Gasteiger charge is 1.98. The zero-order valence-electron chi connectivity index (χ0n) is 10.1. The van der Waals surface area contributed by atoms with Crippen molar-refractivity contribution in [3.8, 4) is 0 Å². The molecule has 1 aromatic heterocycles. The molecule has 1 aromatic carbocycles. The van der Waals surface area contributed by atoms with Crippen LogP contribution in [0.25, 0.3) is 0 Å². The predicted molar refractivity (Wildman–Crippen MR) is 67.8 cm³/mol. The largest absolute Gasteiger partial charge is 0.360 e. The van der Waals surface area contributed by atoms with Crippen LogP contribution in [-0.2, 0) is 17.9 Å². The number of carbonyl (C=O) groups is 1.